The predicted octanol–water partition coefficient (Wildman–Crippen LogP) is 6.87. The first-order valence-corrected chi connectivity index (χ1v) is 38.5. The van der Waals surface area contributed by atoms with E-state index in [4.69, 9.17) is 41.2 Å². The van der Waals surface area contributed by atoms with E-state index in [1.807, 2.05) is 28.2 Å². The minimum absolute atomic E-state index is 0.0839. The molecule has 0 aromatic heterocycles. The van der Waals surface area contributed by atoms with Crippen molar-refractivity contribution in [3.8, 4) is 0 Å². The zero-order valence-electron chi connectivity index (χ0n) is 48.7. The first-order valence-electron chi connectivity index (χ1n) is 25.8. The van der Waals surface area contributed by atoms with Crippen LogP contribution in [0, 0.1) is 21.7 Å². The topological polar surface area (TPSA) is 231 Å². The lowest BCUT2D eigenvalue weighted by Gasteiger charge is -2.38. The molecule has 0 bridgehead atoms. The molecule has 0 aliphatic carbocycles. The van der Waals surface area contributed by atoms with Crippen LogP contribution in [0.2, 0.25) is 51.4 Å². The Morgan fingerprint density at radius 2 is 0.753 bits per heavy atom. The number of nitrogens with zero attached hydrogens (tertiary/aromatic N) is 2. The van der Waals surface area contributed by atoms with Crippen LogP contribution in [0.1, 0.15) is 93.9 Å². The maximum Gasteiger partial charge on any atom is 0.311 e. The summed E-state index contributed by atoms with van der Waals surface area (Å²) >= 11 is 0. The monoisotopic (exact) mass is 1140 g/mol. The Morgan fingerprint density at radius 1 is 0.452 bits per heavy atom. The lowest BCUT2D eigenvalue weighted by molar-refractivity contribution is -0.890. The first kappa shape index (κ1) is 71.2. The molecule has 1 N–H and O–H groups in total. The number of esters is 4. The molecule has 0 unspecified atom stereocenters. The number of carbonyl (C=O) groups excluding carboxylic acids is 4. The van der Waals surface area contributed by atoms with E-state index in [-0.39, 0.29) is 70.4 Å². The van der Waals surface area contributed by atoms with Gasteiger partial charge in [-0.2, -0.15) is 8.42 Å². The second kappa shape index (κ2) is 29.8. The molecule has 0 heterocycles. The van der Waals surface area contributed by atoms with Gasteiger partial charge in [-0.1, -0.05) is 0 Å². The summed E-state index contributed by atoms with van der Waals surface area (Å²) in [5.41, 5.74) is -3.81. The highest BCUT2D eigenvalue weighted by Crippen LogP contribution is 2.37. The first-order chi connectivity index (χ1) is 32.8. The average Bonchev–Trinajstić information content (AvgIpc) is 3.16. The molecule has 24 heteroatoms. The van der Waals surface area contributed by atoms with Crippen LogP contribution in [0.3, 0.4) is 0 Å². The van der Waals surface area contributed by atoms with E-state index < -0.39 is 90.7 Å². The lowest BCUT2D eigenvalue weighted by Crippen LogP contribution is -2.52. The summed E-state index contributed by atoms with van der Waals surface area (Å²) in [6.07, 6.45) is 4.04. The molecule has 0 radical (unpaired) electrons. The van der Waals surface area contributed by atoms with Gasteiger partial charge in [0.05, 0.1) is 87.7 Å². The fourth-order valence-electron chi connectivity index (χ4n) is 8.95. The third-order valence-electron chi connectivity index (χ3n) is 12.4. The smallest absolute Gasteiger partial charge is 0.311 e. The standard InChI is InChI=1S/C49H101N2O17S2Si3/c1-46(2,42(52)63-30-26-50(9,10)24-20-36-69(13,56)57)40-48(5,6)44(54)65-34-32-61-28-22-38-71(14,15)67-73(18,19)68-72(16,17)39-23-29-62-33-35-66-45(55)49(7,8)41-47(3,4)43(53)64-31-27-51(11,12)25-21-37-70(58,59)60/h20-41H2,1-19H3/q+1/p+1. The summed E-state index contributed by atoms with van der Waals surface area (Å²) in [7, 11) is -6.02. The van der Waals surface area contributed by atoms with Crippen molar-refractivity contribution in [3.05, 3.63) is 0 Å². The van der Waals surface area contributed by atoms with Gasteiger partial charge in [-0.05, 0) is 132 Å². The van der Waals surface area contributed by atoms with Crippen molar-refractivity contribution in [3.63, 3.8) is 0 Å². The van der Waals surface area contributed by atoms with Gasteiger partial charge in [0.25, 0.3) is 10.1 Å². The predicted molar refractivity (Wildman–Crippen MR) is 292 cm³/mol. The largest absolute Gasteiger partial charge is 0.463 e. The van der Waals surface area contributed by atoms with Crippen LogP contribution in [0.4, 0.5) is 0 Å². The van der Waals surface area contributed by atoms with Crippen LogP contribution in [-0.4, -0.2) is 204 Å². The minimum atomic E-state index is -4.03. The molecule has 432 valence electrons. The number of ether oxygens (including phenoxy) is 6. The van der Waals surface area contributed by atoms with Crippen LogP contribution in [0.5, 0.6) is 0 Å². The van der Waals surface area contributed by atoms with Gasteiger partial charge in [-0.3, -0.25) is 23.7 Å². The molecule has 0 aliphatic rings. The second-order valence-corrected chi connectivity index (χ2v) is 41.7. The molecule has 0 aromatic rings. The molecule has 0 saturated heterocycles. The van der Waals surface area contributed by atoms with E-state index in [0.717, 1.165) is 24.9 Å². The van der Waals surface area contributed by atoms with E-state index in [2.05, 4.69) is 39.3 Å². The number of likely N-dealkylation sites (N-methyl/N-ethyl adjacent to an activating group) is 2. The van der Waals surface area contributed by atoms with E-state index in [9.17, 15) is 36.0 Å². The van der Waals surface area contributed by atoms with Crippen molar-refractivity contribution >= 4 is 69.0 Å². The highest BCUT2D eigenvalue weighted by molar-refractivity contribution is 7.90. The zero-order valence-corrected chi connectivity index (χ0v) is 53.4. The number of sulfone groups is 1. The Hall–Kier alpha value is -1.85. The summed E-state index contributed by atoms with van der Waals surface area (Å²) in [6.45, 7) is 31.0. The van der Waals surface area contributed by atoms with E-state index in [1.165, 1.54) is 6.26 Å². The molecule has 0 rings (SSSR count). The van der Waals surface area contributed by atoms with Crippen LogP contribution < -0.4 is 0 Å². The van der Waals surface area contributed by atoms with Crippen LogP contribution in [0.25, 0.3) is 0 Å². The molecular weight excluding hydrogens is 1040 g/mol. The van der Waals surface area contributed by atoms with Gasteiger partial charge < -0.3 is 45.6 Å². The fourth-order valence-corrected chi connectivity index (χ4v) is 24.1. The van der Waals surface area contributed by atoms with E-state index in [0.29, 0.717) is 54.8 Å². The summed E-state index contributed by atoms with van der Waals surface area (Å²) in [5.74, 6) is -1.90. The third-order valence-corrected chi connectivity index (χ3v) is 25.7. The van der Waals surface area contributed by atoms with Gasteiger partial charge >= 0.3 is 32.4 Å². The van der Waals surface area contributed by atoms with Crippen LogP contribution in [-0.2, 0) is 75.8 Å². The van der Waals surface area contributed by atoms with E-state index in [1.54, 1.807) is 55.4 Å². The molecule has 0 atom stereocenters. The fraction of sp³-hybridized carbons (Fsp3) is 0.918. The average molecular weight is 1140 g/mol. The maximum atomic E-state index is 13.1. The van der Waals surface area contributed by atoms with Gasteiger partial charge in [0.1, 0.15) is 49.4 Å². The Morgan fingerprint density at radius 3 is 1.05 bits per heavy atom. The van der Waals surface area contributed by atoms with Crippen LogP contribution in [0.15, 0.2) is 0 Å². The van der Waals surface area contributed by atoms with Crippen molar-refractivity contribution in [1.82, 2.24) is 0 Å². The Bertz CT molecular complexity index is 1820. The summed E-state index contributed by atoms with van der Waals surface area (Å²) < 4.78 is 102. The number of carbonyl (C=O) groups is 4. The van der Waals surface area contributed by atoms with Gasteiger partial charge in [-0.25, -0.2) is 8.42 Å². The summed E-state index contributed by atoms with van der Waals surface area (Å²) in [6, 6.07) is 1.74. The lowest BCUT2D eigenvalue weighted by atomic mass is 9.75. The normalized spacial score (nSPS) is 14.0. The highest BCUT2D eigenvalue weighted by atomic mass is 32.2. The highest BCUT2D eigenvalue weighted by Gasteiger charge is 2.43. The maximum absolute atomic E-state index is 13.1. The zero-order chi connectivity index (χ0) is 57.0. The van der Waals surface area contributed by atoms with Gasteiger partial charge in [0.15, 0.2) is 16.6 Å². The quantitative estimate of drug-likeness (QED) is 0.0165. The molecule has 0 fully saturated rings. The third kappa shape index (κ3) is 33.8. The Kier molecular flexibility index (Phi) is 29.0. The van der Waals surface area contributed by atoms with E-state index >= 15 is 0 Å². The van der Waals surface area contributed by atoms with Crippen molar-refractivity contribution in [1.29, 1.82) is 0 Å². The van der Waals surface area contributed by atoms with Crippen molar-refractivity contribution in [2.45, 2.75) is 145 Å². The molecule has 0 aromatic carbocycles. The number of rotatable bonds is 40. The summed E-state index contributed by atoms with van der Waals surface area (Å²) in [4.78, 5) is 52.2. The Labute approximate surface area is 445 Å². The number of hydrogen-bond acceptors (Lipinski definition) is 16. The second-order valence-electron chi connectivity index (χ2n) is 25.4. The van der Waals surface area contributed by atoms with Crippen molar-refractivity contribution in [2.75, 3.05) is 125 Å². The molecule has 19 nitrogen and oxygen atoms in total. The molecule has 73 heavy (non-hydrogen) atoms. The molecule has 0 saturated carbocycles. The molecule has 0 aliphatic heterocycles. The molecular formula is C49H102N2O17S2Si3+2. The van der Waals surface area contributed by atoms with Crippen molar-refractivity contribution in [2.24, 2.45) is 21.7 Å². The summed E-state index contributed by atoms with van der Waals surface area (Å²) in [5, 5.41) is 0. The SMILES string of the molecule is CC(C)(CC(C)(C)C(=O)OCC[N+](C)(C)CCCS(C)(=O)=O)C(=O)OCCOCCC[Si](C)(C)O[Si](C)(C)O[Si](C)(C)CCCOCCOC(=O)C(C)(C)CC(C)(C)C(=O)OCC[N+](C)(C)CCCS(=O)(=O)O. The van der Waals surface area contributed by atoms with Crippen molar-refractivity contribution < 1.29 is 86.2 Å². The Balaban J connectivity index is 4.58. The molecule has 0 amide bonds. The number of quaternary nitrogens is 2. The van der Waals surface area contributed by atoms with Gasteiger partial charge in [0.2, 0.25) is 0 Å². The number of hydrogen-bond donors (Lipinski definition) is 1. The minimum Gasteiger partial charge on any atom is -0.463 e. The molecule has 0 spiro atoms. The van der Waals surface area contributed by atoms with Crippen LogP contribution >= 0.6 is 0 Å². The van der Waals surface area contributed by atoms with Gasteiger partial charge in [0, 0.05) is 32.3 Å². The van der Waals surface area contributed by atoms with Gasteiger partial charge in [-0.15, -0.1) is 0 Å².